The van der Waals surface area contributed by atoms with Crippen molar-refractivity contribution in [3.8, 4) is 0 Å². The summed E-state index contributed by atoms with van der Waals surface area (Å²) in [5.74, 6) is 1.77. The highest BCUT2D eigenvalue weighted by Gasteiger charge is 2.13. The van der Waals surface area contributed by atoms with E-state index in [1.165, 1.54) is 11.3 Å². The molecule has 0 aliphatic rings. The third-order valence-corrected chi connectivity index (χ3v) is 3.88. The lowest BCUT2D eigenvalue weighted by molar-refractivity contribution is 0.285. The number of thiazole rings is 1. The number of nitrogens with zero attached hydrogens (tertiary/aromatic N) is 2. The number of anilines is 1. The number of hydrogen-bond acceptors (Lipinski definition) is 5. The fourth-order valence-corrected chi connectivity index (χ4v) is 2.53. The van der Waals surface area contributed by atoms with Crippen molar-refractivity contribution in [3.05, 3.63) is 33.7 Å². The van der Waals surface area contributed by atoms with Crippen LogP contribution in [0, 0.1) is 6.92 Å². The minimum Gasteiger partial charge on any atom is -0.464 e. The number of rotatable bonds is 4. The third-order valence-electron chi connectivity index (χ3n) is 2.30. The summed E-state index contributed by atoms with van der Waals surface area (Å²) in [4.78, 5) is 6.82. The molecule has 4 nitrogen and oxygen atoms in total. The molecule has 17 heavy (non-hydrogen) atoms. The molecule has 0 bridgehead atoms. The van der Waals surface area contributed by atoms with Crippen molar-refractivity contribution in [2.45, 2.75) is 20.1 Å². The van der Waals surface area contributed by atoms with Crippen molar-refractivity contribution in [3.63, 3.8) is 0 Å². The monoisotopic (exact) mass is 272 g/mol. The maximum Gasteiger partial charge on any atom is 0.187 e. The fraction of sp³-hybridized carbons (Fsp3) is 0.364. The van der Waals surface area contributed by atoms with Gasteiger partial charge in [0.1, 0.15) is 16.7 Å². The van der Waals surface area contributed by atoms with Gasteiger partial charge in [-0.05, 0) is 19.1 Å². The van der Waals surface area contributed by atoms with E-state index in [2.05, 4.69) is 4.98 Å². The van der Waals surface area contributed by atoms with Gasteiger partial charge in [0.2, 0.25) is 0 Å². The van der Waals surface area contributed by atoms with Gasteiger partial charge >= 0.3 is 0 Å². The molecule has 0 radical (unpaired) electrons. The summed E-state index contributed by atoms with van der Waals surface area (Å²) in [6, 6.07) is 3.87. The number of furan rings is 1. The molecular weight excluding hydrogens is 260 g/mol. The van der Waals surface area contributed by atoms with E-state index >= 15 is 0 Å². The standard InChI is InChI=1S/C11H13ClN2O2S/c1-7-3-4-8(16-7)5-14(2)11-13-10(12)9(6-15)17-11/h3-4,15H,5-6H2,1-2H3. The van der Waals surface area contributed by atoms with Gasteiger partial charge in [0, 0.05) is 7.05 Å². The number of aliphatic hydroxyl groups excluding tert-OH is 1. The van der Waals surface area contributed by atoms with E-state index in [4.69, 9.17) is 21.1 Å². The largest absolute Gasteiger partial charge is 0.464 e. The van der Waals surface area contributed by atoms with Gasteiger partial charge in [0.05, 0.1) is 18.0 Å². The normalized spacial score (nSPS) is 10.8. The first kappa shape index (κ1) is 12.4. The van der Waals surface area contributed by atoms with Crippen LogP contribution in [0.2, 0.25) is 5.15 Å². The van der Waals surface area contributed by atoms with Crippen LogP contribution in [0.15, 0.2) is 16.5 Å². The highest BCUT2D eigenvalue weighted by molar-refractivity contribution is 7.16. The maximum atomic E-state index is 9.06. The lowest BCUT2D eigenvalue weighted by Gasteiger charge is -2.13. The first-order valence-corrected chi connectivity index (χ1v) is 6.32. The molecule has 0 fully saturated rings. The molecule has 0 amide bonds. The summed E-state index contributed by atoms with van der Waals surface area (Å²) in [6.45, 7) is 2.46. The van der Waals surface area contributed by atoms with E-state index in [-0.39, 0.29) is 6.61 Å². The van der Waals surface area contributed by atoms with Crippen LogP contribution < -0.4 is 4.90 Å². The van der Waals surface area contributed by atoms with E-state index in [0.29, 0.717) is 16.6 Å². The van der Waals surface area contributed by atoms with Gasteiger partial charge < -0.3 is 14.4 Å². The first-order valence-electron chi connectivity index (χ1n) is 5.12. The quantitative estimate of drug-likeness (QED) is 0.930. The number of halogens is 1. The van der Waals surface area contributed by atoms with Crippen LogP contribution in [-0.4, -0.2) is 17.1 Å². The number of hydrogen-bond donors (Lipinski definition) is 1. The SMILES string of the molecule is Cc1ccc(CN(C)c2nc(Cl)c(CO)s2)o1. The van der Waals surface area contributed by atoms with Crippen LogP contribution in [0.4, 0.5) is 5.13 Å². The molecule has 0 aliphatic heterocycles. The van der Waals surface area contributed by atoms with Crippen LogP contribution in [0.3, 0.4) is 0 Å². The average Bonchev–Trinajstić information content (AvgIpc) is 2.85. The summed E-state index contributed by atoms with van der Waals surface area (Å²) in [5.41, 5.74) is 0. The Hall–Kier alpha value is -1.04. The molecule has 0 spiro atoms. The number of aliphatic hydroxyl groups is 1. The van der Waals surface area contributed by atoms with Gasteiger partial charge in [0.15, 0.2) is 5.13 Å². The predicted octanol–water partition coefficient (Wildman–Crippen LogP) is 2.83. The smallest absolute Gasteiger partial charge is 0.187 e. The molecule has 92 valence electrons. The molecule has 0 saturated carbocycles. The van der Waals surface area contributed by atoms with E-state index in [0.717, 1.165) is 16.7 Å². The Labute approximate surface area is 108 Å². The van der Waals surface area contributed by atoms with E-state index < -0.39 is 0 Å². The molecule has 2 heterocycles. The molecule has 0 unspecified atom stereocenters. The van der Waals surface area contributed by atoms with E-state index in [1.807, 2.05) is 31.0 Å². The molecule has 0 atom stereocenters. The lowest BCUT2D eigenvalue weighted by Crippen LogP contribution is -2.15. The first-order chi connectivity index (χ1) is 8.10. The van der Waals surface area contributed by atoms with Crippen molar-refractivity contribution in [1.29, 1.82) is 0 Å². The maximum absolute atomic E-state index is 9.06. The van der Waals surface area contributed by atoms with E-state index in [1.54, 1.807) is 0 Å². The van der Waals surface area contributed by atoms with Crippen LogP contribution in [0.5, 0.6) is 0 Å². The average molecular weight is 273 g/mol. The zero-order valence-electron chi connectivity index (χ0n) is 9.61. The van der Waals surface area contributed by atoms with Gasteiger partial charge in [-0.2, -0.15) is 0 Å². The van der Waals surface area contributed by atoms with Crippen molar-refractivity contribution < 1.29 is 9.52 Å². The molecule has 2 rings (SSSR count). The Kier molecular flexibility index (Phi) is 3.71. The molecule has 2 aromatic heterocycles. The molecule has 1 N–H and O–H groups in total. The van der Waals surface area contributed by atoms with Crippen LogP contribution >= 0.6 is 22.9 Å². The van der Waals surface area contributed by atoms with Gasteiger partial charge in [-0.3, -0.25) is 0 Å². The van der Waals surface area contributed by atoms with Crippen molar-refractivity contribution in [2.75, 3.05) is 11.9 Å². The number of aryl methyl sites for hydroxylation is 1. The zero-order chi connectivity index (χ0) is 12.4. The summed E-state index contributed by atoms with van der Waals surface area (Å²) in [7, 11) is 1.91. The second-order valence-corrected chi connectivity index (χ2v) is 5.16. The van der Waals surface area contributed by atoms with Crippen LogP contribution in [0.25, 0.3) is 0 Å². The fourth-order valence-electron chi connectivity index (χ4n) is 1.45. The Morgan fingerprint density at radius 2 is 2.29 bits per heavy atom. The van der Waals surface area contributed by atoms with Crippen LogP contribution in [-0.2, 0) is 13.2 Å². The predicted molar refractivity (Wildman–Crippen MR) is 68.6 cm³/mol. The summed E-state index contributed by atoms with van der Waals surface area (Å²) >= 11 is 7.27. The highest BCUT2D eigenvalue weighted by atomic mass is 35.5. The Bertz CT molecular complexity index is 509. The van der Waals surface area contributed by atoms with Gasteiger partial charge in [-0.15, -0.1) is 0 Å². The van der Waals surface area contributed by atoms with Gasteiger partial charge in [-0.25, -0.2) is 4.98 Å². The summed E-state index contributed by atoms with van der Waals surface area (Å²) < 4.78 is 5.49. The summed E-state index contributed by atoms with van der Waals surface area (Å²) in [5, 5.41) is 10.2. The van der Waals surface area contributed by atoms with Crippen molar-refractivity contribution in [2.24, 2.45) is 0 Å². The second kappa shape index (κ2) is 5.08. The van der Waals surface area contributed by atoms with E-state index in [9.17, 15) is 0 Å². The van der Waals surface area contributed by atoms with Crippen molar-refractivity contribution >= 4 is 28.1 Å². The minimum atomic E-state index is -0.0792. The molecule has 0 aromatic carbocycles. The molecular formula is C11H13ClN2O2S. The number of aromatic nitrogens is 1. The van der Waals surface area contributed by atoms with Crippen molar-refractivity contribution in [1.82, 2.24) is 4.98 Å². The molecule has 0 saturated heterocycles. The van der Waals surface area contributed by atoms with Crippen LogP contribution in [0.1, 0.15) is 16.4 Å². The Balaban J connectivity index is 2.11. The highest BCUT2D eigenvalue weighted by Crippen LogP contribution is 2.29. The Morgan fingerprint density at radius 1 is 1.53 bits per heavy atom. The van der Waals surface area contributed by atoms with Gasteiger partial charge in [0.25, 0.3) is 0 Å². The zero-order valence-corrected chi connectivity index (χ0v) is 11.2. The summed E-state index contributed by atoms with van der Waals surface area (Å²) in [6.07, 6.45) is 0. The molecule has 2 aromatic rings. The Morgan fingerprint density at radius 3 is 2.82 bits per heavy atom. The molecule has 6 heteroatoms. The third kappa shape index (κ3) is 2.80. The second-order valence-electron chi connectivity index (χ2n) is 3.74. The topological polar surface area (TPSA) is 49.5 Å². The lowest BCUT2D eigenvalue weighted by atomic mass is 10.4. The van der Waals surface area contributed by atoms with Gasteiger partial charge in [-0.1, -0.05) is 22.9 Å². The minimum absolute atomic E-state index is 0.0792. The molecule has 0 aliphatic carbocycles.